The third-order valence-corrected chi connectivity index (χ3v) is 5.35. The molecule has 2 heterocycles. The zero-order valence-electron chi connectivity index (χ0n) is 15.4. The van der Waals surface area contributed by atoms with E-state index in [9.17, 15) is 4.79 Å². The first-order valence-corrected chi connectivity index (χ1v) is 10.1. The molecule has 0 saturated carbocycles. The Bertz CT molecular complexity index is 754. The van der Waals surface area contributed by atoms with Gasteiger partial charge in [-0.05, 0) is 44.0 Å². The SMILES string of the molecule is CCSc1ccc2nnc(C(=O)NCCCN3CCN(C)CC3)nc2c1.[HH]. The lowest BCUT2D eigenvalue weighted by atomic mass is 10.3. The first kappa shape index (κ1) is 19.0. The Morgan fingerprint density at radius 3 is 2.81 bits per heavy atom. The van der Waals surface area contributed by atoms with E-state index in [-0.39, 0.29) is 13.2 Å². The predicted octanol–water partition coefficient (Wildman–Crippen LogP) is 1.75. The fraction of sp³-hybridized carbons (Fsp3) is 0.556. The van der Waals surface area contributed by atoms with Crippen molar-refractivity contribution in [3.63, 3.8) is 0 Å². The average molecular weight is 377 g/mol. The minimum absolute atomic E-state index is 0. The smallest absolute Gasteiger partial charge is 0.291 e. The molecular weight excluding hydrogens is 348 g/mol. The van der Waals surface area contributed by atoms with Crippen LogP contribution in [0, 0.1) is 0 Å². The van der Waals surface area contributed by atoms with Gasteiger partial charge in [-0.15, -0.1) is 22.0 Å². The number of thioether (sulfide) groups is 1. The number of hydrogen-bond acceptors (Lipinski definition) is 7. The summed E-state index contributed by atoms with van der Waals surface area (Å²) in [5, 5.41) is 11.0. The van der Waals surface area contributed by atoms with E-state index in [1.54, 1.807) is 11.8 Å². The van der Waals surface area contributed by atoms with Crippen molar-refractivity contribution in [1.82, 2.24) is 30.3 Å². The molecule has 1 aromatic carbocycles. The maximum Gasteiger partial charge on any atom is 0.291 e. The van der Waals surface area contributed by atoms with E-state index in [0.29, 0.717) is 17.6 Å². The van der Waals surface area contributed by atoms with Crippen LogP contribution in [0.2, 0.25) is 0 Å². The summed E-state index contributed by atoms with van der Waals surface area (Å²) in [7, 11) is 2.15. The summed E-state index contributed by atoms with van der Waals surface area (Å²) in [6.07, 6.45) is 0.924. The van der Waals surface area contributed by atoms with Crippen molar-refractivity contribution >= 4 is 28.7 Å². The summed E-state index contributed by atoms with van der Waals surface area (Å²) in [6, 6.07) is 5.86. The van der Waals surface area contributed by atoms with Gasteiger partial charge in [-0.25, -0.2) is 4.98 Å². The van der Waals surface area contributed by atoms with Crippen LogP contribution in [0.1, 0.15) is 25.4 Å². The fourth-order valence-corrected chi connectivity index (χ4v) is 3.62. The van der Waals surface area contributed by atoms with Crippen LogP contribution >= 0.6 is 11.8 Å². The fourth-order valence-electron chi connectivity index (χ4n) is 2.92. The second-order valence-corrected chi connectivity index (χ2v) is 7.81. The van der Waals surface area contributed by atoms with E-state index in [4.69, 9.17) is 0 Å². The minimum Gasteiger partial charge on any atom is -0.349 e. The lowest BCUT2D eigenvalue weighted by molar-refractivity contribution is 0.0938. The number of carbonyl (C=O) groups is 1. The third-order valence-electron chi connectivity index (χ3n) is 4.47. The highest BCUT2D eigenvalue weighted by atomic mass is 32.2. The number of likely N-dealkylation sites (N-methyl/N-ethyl adjacent to an activating group) is 1. The Labute approximate surface area is 160 Å². The molecule has 0 atom stereocenters. The third kappa shape index (κ3) is 5.12. The van der Waals surface area contributed by atoms with Gasteiger partial charge in [0.15, 0.2) is 0 Å². The second kappa shape index (κ2) is 9.25. The van der Waals surface area contributed by atoms with Crippen LogP contribution in [0.5, 0.6) is 0 Å². The highest BCUT2D eigenvalue weighted by molar-refractivity contribution is 7.99. The van der Waals surface area contributed by atoms with Crippen LogP contribution in [0.3, 0.4) is 0 Å². The topological polar surface area (TPSA) is 74.2 Å². The summed E-state index contributed by atoms with van der Waals surface area (Å²) in [5.74, 6) is 0.868. The van der Waals surface area contributed by atoms with Gasteiger partial charge in [0.2, 0.25) is 5.82 Å². The summed E-state index contributed by atoms with van der Waals surface area (Å²) >= 11 is 1.74. The number of nitrogens with zero attached hydrogens (tertiary/aromatic N) is 5. The summed E-state index contributed by atoms with van der Waals surface area (Å²) < 4.78 is 0. The van der Waals surface area contributed by atoms with Crippen molar-refractivity contribution in [2.24, 2.45) is 0 Å². The highest BCUT2D eigenvalue weighted by Crippen LogP contribution is 2.21. The second-order valence-electron chi connectivity index (χ2n) is 6.47. The number of rotatable bonds is 7. The van der Waals surface area contributed by atoms with Crippen LogP contribution in [-0.4, -0.2) is 83.0 Å². The van der Waals surface area contributed by atoms with Gasteiger partial charge in [-0.2, -0.15) is 0 Å². The number of amides is 1. The number of piperazine rings is 1. The normalized spacial score (nSPS) is 16.1. The molecular formula is C18H28N6OS. The van der Waals surface area contributed by atoms with Crippen LogP contribution in [0.15, 0.2) is 23.1 Å². The number of carbonyl (C=O) groups excluding carboxylic acids is 1. The van der Waals surface area contributed by atoms with Gasteiger partial charge in [-0.1, -0.05) is 6.92 Å². The maximum atomic E-state index is 12.3. The number of aromatic nitrogens is 3. The lowest BCUT2D eigenvalue weighted by Crippen LogP contribution is -2.45. The molecule has 142 valence electrons. The Balaban J connectivity index is 0.00000261. The van der Waals surface area contributed by atoms with Gasteiger partial charge in [0.1, 0.15) is 5.52 Å². The summed E-state index contributed by atoms with van der Waals surface area (Å²) in [5.41, 5.74) is 1.41. The lowest BCUT2D eigenvalue weighted by Gasteiger charge is -2.32. The van der Waals surface area contributed by atoms with Crippen molar-refractivity contribution in [2.75, 3.05) is 52.1 Å². The molecule has 0 unspecified atom stereocenters. The van der Waals surface area contributed by atoms with Crippen molar-refractivity contribution in [3.8, 4) is 0 Å². The molecule has 1 aliphatic heterocycles. The number of benzene rings is 1. The Kier molecular flexibility index (Phi) is 6.76. The van der Waals surface area contributed by atoms with Gasteiger partial charge in [-0.3, -0.25) is 4.79 Å². The zero-order valence-corrected chi connectivity index (χ0v) is 16.3. The average Bonchev–Trinajstić information content (AvgIpc) is 2.66. The summed E-state index contributed by atoms with van der Waals surface area (Å²) in [4.78, 5) is 22.6. The van der Waals surface area contributed by atoms with Gasteiger partial charge in [0.25, 0.3) is 5.91 Å². The molecule has 0 spiro atoms. The van der Waals surface area contributed by atoms with Crippen LogP contribution in [-0.2, 0) is 0 Å². The van der Waals surface area contributed by atoms with Crippen molar-refractivity contribution in [2.45, 2.75) is 18.2 Å². The Morgan fingerprint density at radius 1 is 1.23 bits per heavy atom. The highest BCUT2D eigenvalue weighted by Gasteiger charge is 2.14. The van der Waals surface area contributed by atoms with Gasteiger partial charge in [0.05, 0.1) is 5.52 Å². The molecule has 7 nitrogen and oxygen atoms in total. The first-order chi connectivity index (χ1) is 12.7. The minimum atomic E-state index is -0.258. The van der Waals surface area contributed by atoms with E-state index in [1.165, 1.54) is 0 Å². The van der Waals surface area contributed by atoms with Crippen LogP contribution < -0.4 is 5.32 Å². The van der Waals surface area contributed by atoms with E-state index in [2.05, 4.69) is 44.3 Å². The molecule has 1 amide bonds. The Morgan fingerprint density at radius 2 is 2.04 bits per heavy atom. The van der Waals surface area contributed by atoms with Gasteiger partial charge >= 0.3 is 0 Å². The Hall–Kier alpha value is -1.77. The monoisotopic (exact) mass is 376 g/mol. The molecule has 0 radical (unpaired) electrons. The van der Waals surface area contributed by atoms with Crippen molar-refractivity contribution in [3.05, 3.63) is 24.0 Å². The quantitative estimate of drug-likeness (QED) is 0.583. The molecule has 1 aromatic heterocycles. The molecule has 2 aromatic rings. The van der Waals surface area contributed by atoms with E-state index >= 15 is 0 Å². The molecule has 1 N–H and O–H groups in total. The molecule has 1 fully saturated rings. The van der Waals surface area contributed by atoms with E-state index in [0.717, 1.165) is 49.8 Å². The van der Waals surface area contributed by atoms with Gasteiger partial charge in [0, 0.05) is 39.0 Å². The number of nitrogens with one attached hydrogen (secondary N) is 1. The largest absolute Gasteiger partial charge is 0.349 e. The zero-order chi connectivity index (χ0) is 18.4. The van der Waals surface area contributed by atoms with E-state index < -0.39 is 0 Å². The maximum absolute atomic E-state index is 12.3. The standard InChI is InChI=1S/C18H26N6OS.H2/c1-3-26-14-5-6-15-16(13-14)20-17(22-21-15)18(25)19-7-4-8-24-11-9-23(2)10-12-24;/h5-6,13H,3-4,7-12H2,1-2H3,(H,19,25);1H. The van der Waals surface area contributed by atoms with Crippen molar-refractivity contribution < 1.29 is 6.22 Å². The van der Waals surface area contributed by atoms with Crippen LogP contribution in [0.4, 0.5) is 0 Å². The molecule has 3 rings (SSSR count). The molecule has 0 bridgehead atoms. The van der Waals surface area contributed by atoms with Crippen LogP contribution in [0.25, 0.3) is 11.0 Å². The number of fused-ring (bicyclic) bond motifs is 1. The summed E-state index contributed by atoms with van der Waals surface area (Å²) in [6.45, 7) is 8.15. The van der Waals surface area contributed by atoms with Gasteiger partial charge < -0.3 is 15.1 Å². The predicted molar refractivity (Wildman–Crippen MR) is 107 cm³/mol. The number of hydrogen-bond donors (Lipinski definition) is 1. The first-order valence-electron chi connectivity index (χ1n) is 9.12. The van der Waals surface area contributed by atoms with E-state index in [1.807, 2.05) is 18.2 Å². The molecule has 1 saturated heterocycles. The molecule has 8 heteroatoms. The molecule has 1 aliphatic rings. The molecule has 26 heavy (non-hydrogen) atoms. The van der Waals surface area contributed by atoms with Crippen molar-refractivity contribution in [1.29, 1.82) is 0 Å². The molecule has 0 aliphatic carbocycles.